The Kier molecular flexibility index (Phi) is 5.13. The highest BCUT2D eigenvalue weighted by atomic mass is 32.2. The number of hydrogen-bond acceptors (Lipinski definition) is 5. The monoisotopic (exact) mass is 433 g/mol. The molecule has 0 bridgehead atoms. The van der Waals surface area contributed by atoms with Crippen LogP contribution in [0, 0.1) is 22.5 Å². The number of fused-ring (bicyclic) bond motifs is 1. The van der Waals surface area contributed by atoms with Crippen LogP contribution < -0.4 is 5.56 Å². The number of rotatable bonds is 4. The van der Waals surface area contributed by atoms with Crippen molar-refractivity contribution < 1.29 is 8.78 Å². The highest BCUT2D eigenvalue weighted by Gasteiger charge is 2.14. The predicted molar refractivity (Wildman–Crippen MR) is 111 cm³/mol. The van der Waals surface area contributed by atoms with Crippen LogP contribution in [0.25, 0.3) is 16.0 Å². The maximum atomic E-state index is 13.8. The lowest BCUT2D eigenvalue weighted by molar-refractivity contribution is 0.591. The molecule has 1 N–H and O–H groups in total. The minimum absolute atomic E-state index is 0.132. The van der Waals surface area contributed by atoms with Crippen molar-refractivity contribution in [2.45, 2.75) is 17.8 Å². The van der Waals surface area contributed by atoms with Crippen molar-refractivity contribution in [2.75, 3.05) is 0 Å². The number of thioether (sulfide) groups is 1. The second-order valence-corrected chi connectivity index (χ2v) is 8.70. The largest absolute Gasteiger partial charge is 0.300 e. The molecular formula is C19H13F2N3OS3. The van der Waals surface area contributed by atoms with E-state index < -0.39 is 11.6 Å². The molecule has 0 spiro atoms. The van der Waals surface area contributed by atoms with Gasteiger partial charge in [-0.2, -0.15) is 0 Å². The molecule has 0 aliphatic carbocycles. The third-order valence-corrected chi connectivity index (χ3v) is 6.37. The second kappa shape index (κ2) is 7.57. The molecule has 4 rings (SSSR count). The summed E-state index contributed by atoms with van der Waals surface area (Å²) in [7, 11) is 0. The summed E-state index contributed by atoms with van der Waals surface area (Å²) in [5.41, 5.74) is 2.26. The predicted octanol–water partition coefficient (Wildman–Crippen LogP) is 5.38. The smallest absolute Gasteiger partial charge is 0.271 e. The molecule has 9 heteroatoms. The van der Waals surface area contributed by atoms with Crippen LogP contribution in [-0.2, 0) is 5.75 Å². The number of H-pyrrole nitrogens is 1. The van der Waals surface area contributed by atoms with E-state index in [4.69, 9.17) is 12.2 Å². The van der Waals surface area contributed by atoms with Gasteiger partial charge in [-0.25, -0.2) is 13.8 Å². The van der Waals surface area contributed by atoms with Gasteiger partial charge in [-0.1, -0.05) is 40.8 Å². The molecule has 2 aromatic carbocycles. The summed E-state index contributed by atoms with van der Waals surface area (Å²) in [6, 6.07) is 11.0. The molecule has 0 aliphatic heterocycles. The first kappa shape index (κ1) is 19.0. The van der Waals surface area contributed by atoms with Crippen molar-refractivity contribution in [1.82, 2.24) is 14.5 Å². The first-order valence-electron chi connectivity index (χ1n) is 8.22. The maximum absolute atomic E-state index is 13.8. The van der Waals surface area contributed by atoms with Crippen LogP contribution in [0.1, 0.15) is 11.1 Å². The van der Waals surface area contributed by atoms with Gasteiger partial charge in [0.1, 0.15) is 16.3 Å². The van der Waals surface area contributed by atoms with Crippen molar-refractivity contribution in [3.8, 4) is 5.69 Å². The van der Waals surface area contributed by atoms with E-state index in [1.165, 1.54) is 11.3 Å². The van der Waals surface area contributed by atoms with E-state index in [0.29, 0.717) is 19.5 Å². The Labute approximate surface area is 171 Å². The van der Waals surface area contributed by atoms with E-state index in [2.05, 4.69) is 9.97 Å². The van der Waals surface area contributed by atoms with Crippen LogP contribution in [0.4, 0.5) is 8.78 Å². The van der Waals surface area contributed by atoms with Gasteiger partial charge in [0, 0.05) is 17.0 Å². The van der Waals surface area contributed by atoms with Crippen LogP contribution in [0.3, 0.4) is 0 Å². The van der Waals surface area contributed by atoms with E-state index in [1.54, 1.807) is 4.57 Å². The number of nitrogens with one attached hydrogen (secondary N) is 1. The Morgan fingerprint density at radius 2 is 1.96 bits per heavy atom. The van der Waals surface area contributed by atoms with Crippen LogP contribution in [0.15, 0.2) is 52.4 Å². The summed E-state index contributed by atoms with van der Waals surface area (Å²) in [6.45, 7) is 1.98. The number of aromatic amines is 1. The Morgan fingerprint density at radius 3 is 2.71 bits per heavy atom. The van der Waals surface area contributed by atoms with Crippen molar-refractivity contribution in [3.05, 3.63) is 79.5 Å². The van der Waals surface area contributed by atoms with Crippen molar-refractivity contribution in [2.24, 2.45) is 0 Å². The van der Waals surface area contributed by atoms with E-state index in [1.807, 2.05) is 31.2 Å². The molecule has 142 valence electrons. The van der Waals surface area contributed by atoms with Crippen LogP contribution in [0.5, 0.6) is 0 Å². The molecule has 2 heterocycles. The molecule has 0 atom stereocenters. The zero-order valence-corrected chi connectivity index (χ0v) is 17.0. The summed E-state index contributed by atoms with van der Waals surface area (Å²) in [6.07, 6.45) is 0. The number of aryl methyl sites for hydroxylation is 1. The molecular weight excluding hydrogens is 420 g/mol. The van der Waals surface area contributed by atoms with Gasteiger partial charge in [-0.3, -0.25) is 9.36 Å². The second-order valence-electron chi connectivity index (χ2n) is 6.09. The van der Waals surface area contributed by atoms with Gasteiger partial charge in [-0.15, -0.1) is 0 Å². The average molecular weight is 434 g/mol. The van der Waals surface area contributed by atoms with Crippen molar-refractivity contribution in [1.29, 1.82) is 0 Å². The Balaban J connectivity index is 1.76. The minimum atomic E-state index is -0.514. The summed E-state index contributed by atoms with van der Waals surface area (Å²) >= 11 is 7.74. The number of halogens is 2. The summed E-state index contributed by atoms with van der Waals surface area (Å²) in [4.78, 5) is 19.7. The first-order valence-corrected chi connectivity index (χ1v) is 10.4. The van der Waals surface area contributed by atoms with E-state index in [-0.39, 0.29) is 16.9 Å². The van der Waals surface area contributed by atoms with Gasteiger partial charge in [0.05, 0.1) is 0 Å². The SMILES string of the molecule is Cc1ccc(-n2c(=S)sc3c(=O)[nH]c(SCc4cc(F)ccc4F)nc32)cc1. The molecule has 0 saturated heterocycles. The summed E-state index contributed by atoms with van der Waals surface area (Å²) in [5.74, 6) is -0.886. The summed E-state index contributed by atoms with van der Waals surface area (Å²) < 4.78 is 29.9. The number of thiazole rings is 1. The molecule has 2 aromatic heterocycles. The first-order chi connectivity index (χ1) is 13.4. The van der Waals surface area contributed by atoms with Crippen LogP contribution in [0.2, 0.25) is 0 Å². The Morgan fingerprint density at radius 1 is 1.21 bits per heavy atom. The standard InChI is InChI=1S/C19H13F2N3OS3/c1-10-2-5-13(6-3-10)24-16-15(28-19(24)26)17(25)23-18(22-16)27-9-11-8-12(20)4-7-14(11)21/h2-8H,9H2,1H3,(H,22,23,25). The molecule has 28 heavy (non-hydrogen) atoms. The molecule has 0 amide bonds. The van der Waals surface area contributed by atoms with E-state index >= 15 is 0 Å². The number of hydrogen-bond donors (Lipinski definition) is 1. The molecule has 0 radical (unpaired) electrons. The number of benzene rings is 2. The fourth-order valence-electron chi connectivity index (χ4n) is 2.68. The van der Waals surface area contributed by atoms with Gasteiger partial charge in [0.15, 0.2) is 14.8 Å². The van der Waals surface area contributed by atoms with Gasteiger partial charge < -0.3 is 4.98 Å². The van der Waals surface area contributed by atoms with Gasteiger partial charge in [0.25, 0.3) is 5.56 Å². The third kappa shape index (κ3) is 3.65. The van der Waals surface area contributed by atoms with Crippen LogP contribution >= 0.6 is 35.3 Å². The number of nitrogens with zero attached hydrogens (tertiary/aromatic N) is 2. The lowest BCUT2D eigenvalue weighted by atomic mass is 10.2. The fourth-order valence-corrected chi connectivity index (χ4v) is 4.78. The highest BCUT2D eigenvalue weighted by molar-refractivity contribution is 7.98. The molecule has 0 unspecified atom stereocenters. The van der Waals surface area contributed by atoms with Crippen molar-refractivity contribution in [3.63, 3.8) is 0 Å². The number of aromatic nitrogens is 3. The van der Waals surface area contributed by atoms with E-state index in [9.17, 15) is 13.6 Å². The zero-order chi connectivity index (χ0) is 19.8. The highest BCUT2D eigenvalue weighted by Crippen LogP contribution is 2.26. The van der Waals surface area contributed by atoms with Gasteiger partial charge >= 0.3 is 0 Å². The third-order valence-electron chi connectivity index (χ3n) is 4.09. The topological polar surface area (TPSA) is 50.7 Å². The van der Waals surface area contributed by atoms with Gasteiger partial charge in [-0.05, 0) is 49.5 Å². The van der Waals surface area contributed by atoms with Crippen molar-refractivity contribution >= 4 is 45.7 Å². The lowest BCUT2D eigenvalue weighted by Gasteiger charge is -2.06. The molecule has 4 nitrogen and oxygen atoms in total. The zero-order valence-electron chi connectivity index (χ0n) is 14.5. The molecule has 0 aliphatic rings. The molecule has 0 saturated carbocycles. The van der Waals surface area contributed by atoms with Crippen LogP contribution in [-0.4, -0.2) is 14.5 Å². The summed E-state index contributed by atoms with van der Waals surface area (Å²) in [5, 5.41) is 0.315. The minimum Gasteiger partial charge on any atom is -0.300 e. The average Bonchev–Trinajstić information content (AvgIpc) is 3.00. The fraction of sp³-hybridized carbons (Fsp3) is 0.105. The quantitative estimate of drug-likeness (QED) is 0.267. The lowest BCUT2D eigenvalue weighted by Crippen LogP contribution is -2.09. The Bertz CT molecular complexity index is 1290. The van der Waals surface area contributed by atoms with Gasteiger partial charge in [0.2, 0.25) is 0 Å². The molecule has 0 fully saturated rings. The normalized spacial score (nSPS) is 11.2. The Hall–Kier alpha value is -2.36. The van der Waals surface area contributed by atoms with E-state index in [0.717, 1.165) is 41.2 Å². The molecule has 4 aromatic rings. The maximum Gasteiger partial charge on any atom is 0.271 e.